The molecule has 1 atom stereocenters. The predicted octanol–water partition coefficient (Wildman–Crippen LogP) is 5.11. The number of allylic oxidation sites excluding steroid dienone is 1. The molecule has 1 fully saturated rings. The number of hydrogen-bond donors (Lipinski definition) is 2. The van der Waals surface area contributed by atoms with E-state index < -0.39 is 0 Å². The van der Waals surface area contributed by atoms with E-state index in [-0.39, 0.29) is 11.5 Å². The van der Waals surface area contributed by atoms with Crippen LogP contribution in [-0.4, -0.2) is 10.2 Å². The number of phenolic OH excluding ortho intramolecular Hbond substituents is 2. The minimum atomic E-state index is 0.288. The summed E-state index contributed by atoms with van der Waals surface area (Å²) >= 11 is 0. The van der Waals surface area contributed by atoms with Crippen LogP contribution in [0.25, 0.3) is 5.57 Å². The molecule has 3 rings (SSSR count). The number of aromatic hydroxyl groups is 2. The van der Waals surface area contributed by atoms with Crippen molar-refractivity contribution in [2.24, 2.45) is 5.92 Å². The minimum Gasteiger partial charge on any atom is -0.508 e. The van der Waals surface area contributed by atoms with Gasteiger partial charge in [0.05, 0.1) is 0 Å². The monoisotopic (exact) mass is 294 g/mol. The molecule has 0 radical (unpaired) electrons. The van der Waals surface area contributed by atoms with Crippen LogP contribution in [0.1, 0.15) is 43.7 Å². The molecular weight excluding hydrogens is 272 g/mol. The number of hydrogen-bond acceptors (Lipinski definition) is 2. The van der Waals surface area contributed by atoms with E-state index >= 15 is 0 Å². The SMILES string of the molecule is C[C@@H]1CCCC(=C(c2ccc(O)cc2)c2ccc(O)cc2)C1. The number of phenols is 2. The summed E-state index contributed by atoms with van der Waals surface area (Å²) < 4.78 is 0. The summed E-state index contributed by atoms with van der Waals surface area (Å²) in [6, 6.07) is 14.9. The number of benzene rings is 2. The lowest BCUT2D eigenvalue weighted by Gasteiger charge is -2.24. The molecular formula is C20H22O2. The van der Waals surface area contributed by atoms with E-state index in [0.29, 0.717) is 5.92 Å². The molecule has 0 amide bonds. The van der Waals surface area contributed by atoms with Gasteiger partial charge in [0.15, 0.2) is 0 Å². The normalized spacial score (nSPS) is 18.2. The molecule has 2 aromatic carbocycles. The van der Waals surface area contributed by atoms with Crippen molar-refractivity contribution in [1.82, 2.24) is 0 Å². The molecule has 0 aliphatic heterocycles. The summed E-state index contributed by atoms with van der Waals surface area (Å²) in [4.78, 5) is 0. The highest BCUT2D eigenvalue weighted by Gasteiger charge is 2.18. The van der Waals surface area contributed by atoms with Crippen LogP contribution in [0, 0.1) is 5.92 Å². The Morgan fingerprint density at radius 3 is 1.82 bits per heavy atom. The molecule has 1 saturated carbocycles. The average Bonchev–Trinajstić information content (AvgIpc) is 2.51. The van der Waals surface area contributed by atoms with Crippen LogP contribution in [0.5, 0.6) is 11.5 Å². The zero-order chi connectivity index (χ0) is 15.5. The Labute approximate surface area is 131 Å². The second-order valence-electron chi connectivity index (χ2n) is 6.27. The smallest absolute Gasteiger partial charge is 0.115 e. The van der Waals surface area contributed by atoms with Gasteiger partial charge in [-0.2, -0.15) is 0 Å². The largest absolute Gasteiger partial charge is 0.508 e. The van der Waals surface area contributed by atoms with Crippen LogP contribution in [0.3, 0.4) is 0 Å². The third kappa shape index (κ3) is 3.16. The Morgan fingerprint density at radius 2 is 1.36 bits per heavy atom. The Morgan fingerprint density at radius 1 is 0.864 bits per heavy atom. The van der Waals surface area contributed by atoms with Gasteiger partial charge >= 0.3 is 0 Å². The predicted molar refractivity (Wildman–Crippen MR) is 89.9 cm³/mol. The Kier molecular flexibility index (Phi) is 4.19. The molecule has 0 heterocycles. The maximum absolute atomic E-state index is 9.55. The molecule has 2 heteroatoms. The fraction of sp³-hybridized carbons (Fsp3) is 0.300. The van der Waals surface area contributed by atoms with Gasteiger partial charge in [-0.05, 0) is 66.1 Å². The quantitative estimate of drug-likeness (QED) is 0.808. The molecule has 2 N–H and O–H groups in total. The van der Waals surface area contributed by atoms with E-state index in [9.17, 15) is 10.2 Å². The highest BCUT2D eigenvalue weighted by Crippen LogP contribution is 2.37. The molecule has 1 aliphatic carbocycles. The fourth-order valence-electron chi connectivity index (χ4n) is 3.35. The van der Waals surface area contributed by atoms with Gasteiger partial charge in [0.25, 0.3) is 0 Å². The third-order valence-corrected chi connectivity index (χ3v) is 4.44. The van der Waals surface area contributed by atoms with Gasteiger partial charge in [-0.3, -0.25) is 0 Å². The Bertz CT molecular complexity index is 618. The highest BCUT2D eigenvalue weighted by molar-refractivity contribution is 5.82. The zero-order valence-corrected chi connectivity index (χ0v) is 12.9. The van der Waals surface area contributed by atoms with Crippen molar-refractivity contribution in [3.8, 4) is 11.5 Å². The minimum absolute atomic E-state index is 0.288. The summed E-state index contributed by atoms with van der Waals surface area (Å²) in [5.74, 6) is 1.29. The van der Waals surface area contributed by atoms with Crippen LogP contribution in [0.4, 0.5) is 0 Å². The third-order valence-electron chi connectivity index (χ3n) is 4.44. The second kappa shape index (κ2) is 6.27. The first-order chi connectivity index (χ1) is 10.6. The fourth-order valence-corrected chi connectivity index (χ4v) is 3.35. The lowest BCUT2D eigenvalue weighted by molar-refractivity contribution is 0.454. The van der Waals surface area contributed by atoms with Gasteiger partial charge in [-0.1, -0.05) is 43.2 Å². The van der Waals surface area contributed by atoms with E-state index in [1.165, 1.54) is 24.0 Å². The van der Waals surface area contributed by atoms with Gasteiger partial charge in [0.2, 0.25) is 0 Å². The van der Waals surface area contributed by atoms with Crippen LogP contribution >= 0.6 is 0 Å². The van der Waals surface area contributed by atoms with Crippen LogP contribution in [0.15, 0.2) is 54.1 Å². The van der Waals surface area contributed by atoms with Crippen molar-refractivity contribution in [3.05, 3.63) is 65.2 Å². The van der Waals surface area contributed by atoms with Crippen LogP contribution < -0.4 is 0 Å². The van der Waals surface area contributed by atoms with Crippen LogP contribution in [0.2, 0.25) is 0 Å². The second-order valence-corrected chi connectivity index (χ2v) is 6.27. The van der Waals surface area contributed by atoms with Gasteiger partial charge in [-0.25, -0.2) is 0 Å². The van der Waals surface area contributed by atoms with Gasteiger partial charge < -0.3 is 10.2 Å². The average molecular weight is 294 g/mol. The van der Waals surface area contributed by atoms with Crippen molar-refractivity contribution in [3.63, 3.8) is 0 Å². The summed E-state index contributed by atoms with van der Waals surface area (Å²) in [6.07, 6.45) is 4.77. The Hall–Kier alpha value is -2.22. The van der Waals surface area contributed by atoms with Crippen molar-refractivity contribution in [1.29, 1.82) is 0 Å². The molecule has 0 bridgehead atoms. The molecule has 0 saturated heterocycles. The molecule has 2 aromatic rings. The molecule has 114 valence electrons. The van der Waals surface area contributed by atoms with Crippen molar-refractivity contribution >= 4 is 5.57 Å². The molecule has 2 nitrogen and oxygen atoms in total. The summed E-state index contributed by atoms with van der Waals surface area (Å²) in [5, 5.41) is 19.1. The van der Waals surface area contributed by atoms with Crippen molar-refractivity contribution < 1.29 is 10.2 Å². The summed E-state index contributed by atoms with van der Waals surface area (Å²) in [5.41, 5.74) is 5.00. The topological polar surface area (TPSA) is 40.5 Å². The van der Waals surface area contributed by atoms with Gasteiger partial charge in [0, 0.05) is 0 Å². The molecule has 0 unspecified atom stereocenters. The van der Waals surface area contributed by atoms with E-state index in [0.717, 1.165) is 24.0 Å². The lowest BCUT2D eigenvalue weighted by Crippen LogP contribution is -2.07. The van der Waals surface area contributed by atoms with E-state index in [1.54, 1.807) is 24.3 Å². The van der Waals surface area contributed by atoms with E-state index in [4.69, 9.17) is 0 Å². The molecule has 0 aromatic heterocycles. The van der Waals surface area contributed by atoms with E-state index in [2.05, 4.69) is 6.92 Å². The number of rotatable bonds is 2. The molecule has 22 heavy (non-hydrogen) atoms. The van der Waals surface area contributed by atoms with Crippen LogP contribution in [-0.2, 0) is 0 Å². The molecule has 1 aliphatic rings. The van der Waals surface area contributed by atoms with Gasteiger partial charge in [-0.15, -0.1) is 0 Å². The molecule has 0 spiro atoms. The zero-order valence-electron chi connectivity index (χ0n) is 12.9. The van der Waals surface area contributed by atoms with Crippen molar-refractivity contribution in [2.45, 2.75) is 32.6 Å². The highest BCUT2D eigenvalue weighted by atomic mass is 16.3. The summed E-state index contributed by atoms with van der Waals surface area (Å²) in [6.45, 7) is 2.31. The maximum Gasteiger partial charge on any atom is 0.115 e. The summed E-state index contributed by atoms with van der Waals surface area (Å²) in [7, 11) is 0. The first-order valence-electron chi connectivity index (χ1n) is 7.94. The Balaban J connectivity index is 2.11. The first kappa shape index (κ1) is 14.7. The van der Waals surface area contributed by atoms with Crippen molar-refractivity contribution in [2.75, 3.05) is 0 Å². The maximum atomic E-state index is 9.55. The van der Waals surface area contributed by atoms with Gasteiger partial charge in [0.1, 0.15) is 11.5 Å². The first-order valence-corrected chi connectivity index (χ1v) is 7.94. The standard InChI is InChI=1S/C20H22O2/c1-14-3-2-4-17(13-14)20(15-5-9-18(21)10-6-15)16-7-11-19(22)12-8-16/h5-12,14,21-22H,2-4,13H2,1H3/t14-/m1/s1. The lowest BCUT2D eigenvalue weighted by atomic mass is 9.81. The van der Waals surface area contributed by atoms with E-state index in [1.807, 2.05) is 24.3 Å².